The van der Waals surface area contributed by atoms with Gasteiger partial charge in [-0.15, -0.1) is 0 Å². The van der Waals surface area contributed by atoms with Crippen molar-refractivity contribution in [3.05, 3.63) is 41.3 Å². The largest absolute Gasteiger partial charge is 0.236 e. The molecule has 1 aromatic carbocycles. The highest BCUT2D eigenvalue weighted by atomic mass is 32.2. The topological polar surface area (TPSA) is 37.4 Å². The van der Waals surface area contributed by atoms with Crippen molar-refractivity contribution in [3.63, 3.8) is 0 Å². The molecule has 1 aliphatic carbocycles. The van der Waals surface area contributed by atoms with E-state index in [9.17, 15) is 8.42 Å². The zero-order chi connectivity index (χ0) is 13.7. The molecule has 1 saturated carbocycles. The molecule has 0 unspecified atom stereocenters. The zero-order valence-electron chi connectivity index (χ0n) is 11.3. The van der Waals surface area contributed by atoms with E-state index in [0.29, 0.717) is 19.0 Å². The molecule has 0 heterocycles. The molecule has 0 N–H and O–H groups in total. The van der Waals surface area contributed by atoms with Crippen LogP contribution in [-0.4, -0.2) is 25.8 Å². The Morgan fingerprint density at radius 3 is 2.53 bits per heavy atom. The van der Waals surface area contributed by atoms with Crippen molar-refractivity contribution in [2.24, 2.45) is 5.92 Å². The number of rotatable bonds is 7. The Labute approximate surface area is 116 Å². The van der Waals surface area contributed by atoms with Gasteiger partial charge in [0.1, 0.15) is 0 Å². The van der Waals surface area contributed by atoms with Crippen molar-refractivity contribution in [1.29, 1.82) is 0 Å². The van der Waals surface area contributed by atoms with Gasteiger partial charge in [0, 0.05) is 18.5 Å². The van der Waals surface area contributed by atoms with Crippen molar-refractivity contribution in [2.45, 2.75) is 26.2 Å². The zero-order valence-corrected chi connectivity index (χ0v) is 12.1. The number of nitrogens with zero attached hydrogens (tertiary/aromatic N) is 1. The van der Waals surface area contributed by atoms with E-state index in [1.165, 1.54) is 5.41 Å². The summed E-state index contributed by atoms with van der Waals surface area (Å²) in [7, 11) is -3.29. The monoisotopic (exact) mass is 279 g/mol. The molecular formula is C15H21NO2S. The van der Waals surface area contributed by atoms with E-state index < -0.39 is 10.0 Å². The highest BCUT2D eigenvalue weighted by molar-refractivity contribution is 7.92. The molecule has 1 aromatic rings. The standard InChI is InChI=1S/C15H21NO2S/c1-2-11-16(13-15-8-9-15)19(17,18)12-10-14-6-4-3-5-7-14/h3-7,10,12,15H,2,8-9,11,13H2,1H3. The summed E-state index contributed by atoms with van der Waals surface area (Å²) in [4.78, 5) is 0. The molecule has 0 bridgehead atoms. The van der Waals surface area contributed by atoms with Crippen LogP contribution in [0.1, 0.15) is 31.7 Å². The summed E-state index contributed by atoms with van der Waals surface area (Å²) in [5.74, 6) is 0.575. The van der Waals surface area contributed by atoms with Crippen LogP contribution in [0.4, 0.5) is 0 Å². The second-order valence-corrected chi connectivity index (χ2v) is 6.88. The summed E-state index contributed by atoms with van der Waals surface area (Å²) in [6.07, 6.45) is 4.85. The summed E-state index contributed by atoms with van der Waals surface area (Å²) >= 11 is 0. The van der Waals surface area contributed by atoms with Crippen LogP contribution in [0.15, 0.2) is 35.7 Å². The summed E-state index contributed by atoms with van der Waals surface area (Å²) in [5.41, 5.74) is 0.911. The van der Waals surface area contributed by atoms with Crippen molar-refractivity contribution in [2.75, 3.05) is 13.1 Å². The van der Waals surface area contributed by atoms with Gasteiger partial charge in [0.15, 0.2) is 0 Å². The number of hydrogen-bond acceptors (Lipinski definition) is 2. The summed E-state index contributed by atoms with van der Waals surface area (Å²) < 4.78 is 26.2. The minimum atomic E-state index is -3.29. The van der Waals surface area contributed by atoms with Crippen LogP contribution in [0.5, 0.6) is 0 Å². The quantitative estimate of drug-likeness (QED) is 0.769. The molecule has 0 amide bonds. The Morgan fingerprint density at radius 1 is 1.26 bits per heavy atom. The SMILES string of the molecule is CCCN(CC1CC1)S(=O)(=O)C=Cc1ccccc1. The average molecular weight is 279 g/mol. The Kier molecular flexibility index (Phi) is 4.77. The van der Waals surface area contributed by atoms with Gasteiger partial charge in [0.2, 0.25) is 10.0 Å². The molecule has 19 heavy (non-hydrogen) atoms. The van der Waals surface area contributed by atoms with E-state index in [-0.39, 0.29) is 0 Å². The van der Waals surface area contributed by atoms with Crippen molar-refractivity contribution >= 4 is 16.1 Å². The Balaban J connectivity index is 2.08. The third-order valence-electron chi connectivity index (χ3n) is 3.22. The third kappa shape index (κ3) is 4.48. The molecular weight excluding hydrogens is 258 g/mol. The lowest BCUT2D eigenvalue weighted by Gasteiger charge is -2.19. The second kappa shape index (κ2) is 6.35. The number of benzene rings is 1. The van der Waals surface area contributed by atoms with Gasteiger partial charge in [-0.25, -0.2) is 8.42 Å². The normalized spacial score (nSPS) is 16.3. The predicted molar refractivity (Wildman–Crippen MR) is 79.0 cm³/mol. The Morgan fingerprint density at radius 2 is 1.95 bits per heavy atom. The molecule has 0 aromatic heterocycles. The van der Waals surface area contributed by atoms with E-state index in [1.54, 1.807) is 10.4 Å². The molecule has 0 spiro atoms. The first-order valence-electron chi connectivity index (χ1n) is 6.85. The molecule has 1 aliphatic rings. The minimum absolute atomic E-state index is 0.575. The van der Waals surface area contributed by atoms with Gasteiger partial charge in [0.25, 0.3) is 0 Å². The molecule has 4 heteroatoms. The highest BCUT2D eigenvalue weighted by Crippen LogP contribution is 2.30. The van der Waals surface area contributed by atoms with Gasteiger partial charge >= 0.3 is 0 Å². The Hall–Kier alpha value is -1.13. The molecule has 1 fully saturated rings. The van der Waals surface area contributed by atoms with E-state index in [1.807, 2.05) is 37.3 Å². The molecule has 0 saturated heterocycles. The van der Waals surface area contributed by atoms with E-state index in [2.05, 4.69) is 0 Å². The molecule has 104 valence electrons. The highest BCUT2D eigenvalue weighted by Gasteiger charge is 2.28. The van der Waals surface area contributed by atoms with Crippen LogP contribution in [0.2, 0.25) is 0 Å². The molecule has 0 atom stereocenters. The van der Waals surface area contributed by atoms with Crippen LogP contribution >= 0.6 is 0 Å². The lowest BCUT2D eigenvalue weighted by Crippen LogP contribution is -2.32. The first kappa shape index (κ1) is 14.3. The van der Waals surface area contributed by atoms with Gasteiger partial charge in [-0.2, -0.15) is 4.31 Å². The lowest BCUT2D eigenvalue weighted by atomic mass is 10.2. The van der Waals surface area contributed by atoms with E-state index in [4.69, 9.17) is 0 Å². The second-order valence-electron chi connectivity index (χ2n) is 5.06. The molecule has 0 aliphatic heterocycles. The maximum absolute atomic E-state index is 12.3. The van der Waals surface area contributed by atoms with Crippen LogP contribution in [0, 0.1) is 5.92 Å². The lowest BCUT2D eigenvalue weighted by molar-refractivity contribution is 0.401. The van der Waals surface area contributed by atoms with Crippen LogP contribution < -0.4 is 0 Å². The molecule has 3 nitrogen and oxygen atoms in total. The minimum Gasteiger partial charge on any atom is -0.208 e. The fourth-order valence-corrected chi connectivity index (χ4v) is 3.33. The first-order valence-corrected chi connectivity index (χ1v) is 8.35. The van der Waals surface area contributed by atoms with Gasteiger partial charge in [-0.05, 0) is 36.8 Å². The maximum atomic E-state index is 12.3. The Bertz CT molecular complexity index is 518. The third-order valence-corrected chi connectivity index (χ3v) is 4.76. The van der Waals surface area contributed by atoms with E-state index in [0.717, 1.165) is 24.8 Å². The van der Waals surface area contributed by atoms with Crippen LogP contribution in [-0.2, 0) is 10.0 Å². The van der Waals surface area contributed by atoms with Gasteiger partial charge in [0.05, 0.1) is 0 Å². The molecule has 0 radical (unpaired) electrons. The predicted octanol–water partition coefficient (Wildman–Crippen LogP) is 3.11. The average Bonchev–Trinajstić information content (AvgIpc) is 3.21. The van der Waals surface area contributed by atoms with Gasteiger partial charge in [-0.3, -0.25) is 0 Å². The summed E-state index contributed by atoms with van der Waals surface area (Å²) in [6.45, 7) is 3.30. The first-order chi connectivity index (χ1) is 9.12. The number of hydrogen-bond donors (Lipinski definition) is 0. The van der Waals surface area contributed by atoms with Crippen molar-refractivity contribution in [3.8, 4) is 0 Å². The van der Waals surface area contributed by atoms with E-state index >= 15 is 0 Å². The van der Waals surface area contributed by atoms with Crippen molar-refractivity contribution < 1.29 is 8.42 Å². The smallest absolute Gasteiger partial charge is 0.208 e. The summed E-state index contributed by atoms with van der Waals surface area (Å²) in [6, 6.07) is 9.52. The fourth-order valence-electron chi connectivity index (χ4n) is 1.97. The fraction of sp³-hybridized carbons (Fsp3) is 0.467. The van der Waals surface area contributed by atoms with Crippen LogP contribution in [0.3, 0.4) is 0 Å². The van der Waals surface area contributed by atoms with Crippen LogP contribution in [0.25, 0.3) is 6.08 Å². The number of sulfonamides is 1. The van der Waals surface area contributed by atoms with Crippen molar-refractivity contribution in [1.82, 2.24) is 4.31 Å². The molecule has 2 rings (SSSR count). The summed E-state index contributed by atoms with van der Waals surface area (Å²) in [5, 5.41) is 1.33. The van der Waals surface area contributed by atoms with Gasteiger partial charge in [-0.1, -0.05) is 37.3 Å². The van der Waals surface area contributed by atoms with Gasteiger partial charge < -0.3 is 0 Å². The maximum Gasteiger partial charge on any atom is 0.236 e.